The largest absolute Gasteiger partial charge is 0.467 e. The quantitative estimate of drug-likeness (QED) is 0.149. The van der Waals surface area contributed by atoms with Gasteiger partial charge in [0.1, 0.15) is 5.69 Å². The number of aromatic nitrogens is 1. The van der Waals surface area contributed by atoms with Crippen LogP contribution in [0.4, 0.5) is 0 Å². The molecule has 0 bridgehead atoms. The van der Waals surface area contributed by atoms with E-state index in [2.05, 4.69) is 15.0 Å². The fourth-order valence-corrected chi connectivity index (χ4v) is 1.61. The van der Waals surface area contributed by atoms with Gasteiger partial charge in [0.05, 0.1) is 13.7 Å². The molecule has 1 unspecified atom stereocenters. The number of Topliss-reactive ketones (excluding diaryl/α,β-unsaturated/α-hetero) is 1. The maximum Gasteiger partial charge on any atom is 0.332 e. The molecule has 0 saturated carbocycles. The van der Waals surface area contributed by atoms with Crippen molar-refractivity contribution >= 4 is 40.3 Å². The number of esters is 1. The average molecular weight is 393 g/mol. The third kappa shape index (κ3) is 4.51. The second-order valence-electron chi connectivity index (χ2n) is 3.60. The van der Waals surface area contributed by atoms with E-state index >= 15 is 0 Å². The van der Waals surface area contributed by atoms with Crippen LogP contribution in [0.1, 0.15) is 10.5 Å². The minimum absolute atomic E-state index is 0.200. The van der Waals surface area contributed by atoms with Crippen LogP contribution in [0.25, 0.3) is 0 Å². The highest BCUT2D eigenvalue weighted by atomic mass is 127. The van der Waals surface area contributed by atoms with Crippen LogP contribution in [-0.2, 0) is 14.3 Å². The summed E-state index contributed by atoms with van der Waals surface area (Å²) >= 11 is 2.05. The molecule has 1 aromatic heterocycles. The first kappa shape index (κ1) is 16.5. The lowest BCUT2D eigenvalue weighted by atomic mass is 10.2. The molecule has 0 fully saturated rings. The average Bonchev–Trinajstić information content (AvgIpc) is 2.47. The van der Waals surface area contributed by atoms with Crippen molar-refractivity contribution in [3.8, 4) is 0 Å². The van der Waals surface area contributed by atoms with E-state index < -0.39 is 23.7 Å². The van der Waals surface area contributed by atoms with Gasteiger partial charge in [-0.05, 0) is 34.7 Å². The van der Waals surface area contributed by atoms with E-state index in [9.17, 15) is 14.4 Å². The predicted molar refractivity (Wildman–Crippen MR) is 75.0 cm³/mol. The smallest absolute Gasteiger partial charge is 0.332 e. The van der Waals surface area contributed by atoms with Gasteiger partial charge in [-0.2, -0.15) is 0 Å². The molecule has 0 aromatic carbocycles. The monoisotopic (exact) mass is 393 g/mol. The molecule has 1 rings (SSSR count). The van der Waals surface area contributed by atoms with Crippen LogP contribution in [0.3, 0.4) is 0 Å². The van der Waals surface area contributed by atoms with Crippen molar-refractivity contribution in [3.63, 3.8) is 0 Å². The van der Waals surface area contributed by atoms with Crippen LogP contribution < -0.4 is 10.8 Å². The number of hydroxylamine groups is 1. The molecular formula is C11H12IN3O5. The molecule has 0 radical (unpaired) electrons. The van der Waals surface area contributed by atoms with Crippen molar-refractivity contribution in [1.82, 2.24) is 15.8 Å². The normalized spacial score (nSPS) is 11.6. The van der Waals surface area contributed by atoms with E-state index in [-0.39, 0.29) is 12.2 Å². The third-order valence-corrected chi connectivity index (χ3v) is 2.93. The van der Waals surface area contributed by atoms with Crippen molar-refractivity contribution in [2.24, 2.45) is 0 Å². The van der Waals surface area contributed by atoms with Gasteiger partial charge in [0.2, 0.25) is 0 Å². The number of hydrogen-bond donors (Lipinski definition) is 3. The minimum Gasteiger partial charge on any atom is -0.467 e. The van der Waals surface area contributed by atoms with Gasteiger partial charge in [-0.3, -0.25) is 25.1 Å². The number of ketones is 1. The number of ether oxygens (including phenoxy) is 1. The summed E-state index contributed by atoms with van der Waals surface area (Å²) in [7, 11) is 1.09. The lowest BCUT2D eigenvalue weighted by Crippen LogP contribution is -2.50. The zero-order valence-electron chi connectivity index (χ0n) is 10.4. The number of carbonyl (C=O) groups is 3. The van der Waals surface area contributed by atoms with E-state index in [1.165, 1.54) is 17.7 Å². The molecule has 3 N–H and O–H groups in total. The molecule has 1 heterocycles. The van der Waals surface area contributed by atoms with Crippen LogP contribution in [-0.4, -0.2) is 47.5 Å². The van der Waals surface area contributed by atoms with Gasteiger partial charge in [-0.1, -0.05) is 0 Å². The maximum atomic E-state index is 11.8. The van der Waals surface area contributed by atoms with E-state index in [0.29, 0.717) is 0 Å². The van der Waals surface area contributed by atoms with Crippen LogP contribution >= 0.6 is 22.6 Å². The Morgan fingerprint density at radius 1 is 1.45 bits per heavy atom. The molecule has 108 valence electrons. The second kappa shape index (κ2) is 7.87. The zero-order chi connectivity index (χ0) is 15.1. The molecule has 1 atom stereocenters. The standard InChI is InChI=1S/C11H12IN3O5/c1-20-11(18)9(10(17)15-19)14-5-8(16)7-3-2-6(12)4-13-7/h2-4,9,14,19H,5H2,1H3,(H,15,17). The summed E-state index contributed by atoms with van der Waals surface area (Å²) in [4.78, 5) is 38.3. The van der Waals surface area contributed by atoms with Crippen molar-refractivity contribution < 1.29 is 24.3 Å². The lowest BCUT2D eigenvalue weighted by Gasteiger charge is -2.13. The summed E-state index contributed by atoms with van der Waals surface area (Å²) in [6.45, 7) is -0.305. The Labute approximate surface area is 128 Å². The molecule has 20 heavy (non-hydrogen) atoms. The van der Waals surface area contributed by atoms with Gasteiger partial charge in [0.15, 0.2) is 11.8 Å². The van der Waals surface area contributed by atoms with Gasteiger partial charge >= 0.3 is 5.97 Å². The molecule has 1 aromatic rings. The highest BCUT2D eigenvalue weighted by Crippen LogP contribution is 2.03. The van der Waals surface area contributed by atoms with Crippen LogP contribution in [0.5, 0.6) is 0 Å². The molecule has 0 aliphatic carbocycles. The molecule has 0 saturated heterocycles. The summed E-state index contributed by atoms with van der Waals surface area (Å²) in [6, 6.07) is 1.77. The Balaban J connectivity index is 2.67. The van der Waals surface area contributed by atoms with Crippen LogP contribution in [0.2, 0.25) is 0 Å². The SMILES string of the molecule is COC(=O)C(NCC(=O)c1ccc(I)cn1)C(=O)NO. The first-order chi connectivity index (χ1) is 9.49. The van der Waals surface area contributed by atoms with Gasteiger partial charge in [-0.15, -0.1) is 0 Å². The Morgan fingerprint density at radius 2 is 2.15 bits per heavy atom. The summed E-state index contributed by atoms with van der Waals surface area (Å²) in [5.74, 6) is -2.33. The van der Waals surface area contributed by atoms with Crippen molar-refractivity contribution in [2.45, 2.75) is 6.04 Å². The first-order valence-corrected chi connectivity index (χ1v) is 6.47. The number of hydrogen-bond acceptors (Lipinski definition) is 7. The summed E-state index contributed by atoms with van der Waals surface area (Å²) in [5.41, 5.74) is 1.52. The maximum absolute atomic E-state index is 11.8. The number of carbonyl (C=O) groups excluding carboxylic acids is 3. The highest BCUT2D eigenvalue weighted by molar-refractivity contribution is 14.1. The Bertz CT molecular complexity index is 489. The molecule has 8 nitrogen and oxygen atoms in total. The number of rotatable bonds is 6. The number of nitrogens with one attached hydrogen (secondary N) is 2. The Kier molecular flexibility index (Phi) is 6.48. The van der Waals surface area contributed by atoms with Gasteiger partial charge < -0.3 is 4.74 Å². The molecule has 0 spiro atoms. The van der Waals surface area contributed by atoms with Gasteiger partial charge in [0, 0.05) is 9.77 Å². The predicted octanol–water partition coefficient (Wildman–Crippen LogP) is -0.495. The zero-order valence-corrected chi connectivity index (χ0v) is 12.6. The summed E-state index contributed by atoms with van der Waals surface area (Å²) in [5, 5.41) is 10.9. The van der Waals surface area contributed by atoms with Gasteiger partial charge in [-0.25, -0.2) is 10.3 Å². The Morgan fingerprint density at radius 3 is 2.65 bits per heavy atom. The minimum atomic E-state index is -1.47. The lowest BCUT2D eigenvalue weighted by molar-refractivity contribution is -0.149. The fourth-order valence-electron chi connectivity index (χ4n) is 1.29. The Hall–Kier alpha value is -1.59. The van der Waals surface area contributed by atoms with E-state index in [0.717, 1.165) is 10.7 Å². The topological polar surface area (TPSA) is 118 Å². The molecule has 1 amide bonds. The highest BCUT2D eigenvalue weighted by Gasteiger charge is 2.27. The number of pyridine rings is 1. The summed E-state index contributed by atoms with van der Waals surface area (Å²) in [6.07, 6.45) is 1.52. The number of amides is 1. The molecule has 9 heteroatoms. The second-order valence-corrected chi connectivity index (χ2v) is 4.84. The van der Waals surface area contributed by atoms with Gasteiger partial charge in [0.25, 0.3) is 5.91 Å². The van der Waals surface area contributed by atoms with Crippen molar-refractivity contribution in [2.75, 3.05) is 13.7 Å². The first-order valence-electron chi connectivity index (χ1n) is 5.39. The number of halogens is 1. The van der Waals surface area contributed by atoms with E-state index in [1.54, 1.807) is 6.07 Å². The molecular weight excluding hydrogens is 381 g/mol. The van der Waals surface area contributed by atoms with Crippen LogP contribution in [0.15, 0.2) is 18.3 Å². The van der Waals surface area contributed by atoms with E-state index in [1.807, 2.05) is 22.6 Å². The molecule has 0 aliphatic rings. The molecule has 0 aliphatic heterocycles. The van der Waals surface area contributed by atoms with Crippen molar-refractivity contribution in [1.29, 1.82) is 0 Å². The third-order valence-electron chi connectivity index (χ3n) is 2.29. The fraction of sp³-hybridized carbons (Fsp3) is 0.273. The van der Waals surface area contributed by atoms with Crippen LogP contribution in [0, 0.1) is 3.57 Å². The summed E-state index contributed by atoms with van der Waals surface area (Å²) < 4.78 is 5.26. The number of methoxy groups -OCH3 is 1. The number of nitrogens with zero attached hydrogens (tertiary/aromatic N) is 1. The van der Waals surface area contributed by atoms with Crippen molar-refractivity contribution in [3.05, 3.63) is 27.6 Å². The van der Waals surface area contributed by atoms with E-state index in [4.69, 9.17) is 5.21 Å².